The first-order chi connectivity index (χ1) is 14.7. The molecule has 1 fully saturated rings. The first kappa shape index (κ1) is 18.8. The molecule has 0 saturated carbocycles. The fraction of sp³-hybridized carbons (Fsp3) is 0.292. The Morgan fingerprint density at radius 2 is 1.67 bits per heavy atom. The highest BCUT2D eigenvalue weighted by molar-refractivity contribution is 5.67. The predicted octanol–water partition coefficient (Wildman–Crippen LogP) is 5.35. The van der Waals surface area contributed by atoms with E-state index in [1.807, 2.05) is 19.9 Å². The molecule has 0 bridgehead atoms. The van der Waals surface area contributed by atoms with E-state index >= 15 is 0 Å². The molecule has 30 heavy (non-hydrogen) atoms. The third kappa shape index (κ3) is 3.55. The Kier molecular flexibility index (Phi) is 4.93. The van der Waals surface area contributed by atoms with Gasteiger partial charge in [0.15, 0.2) is 0 Å². The highest BCUT2D eigenvalue weighted by Gasteiger charge is 2.31. The quantitative estimate of drug-likeness (QED) is 0.450. The van der Waals surface area contributed by atoms with Crippen LogP contribution in [0.15, 0.2) is 63.6 Å². The molecule has 1 unspecified atom stereocenters. The molecule has 3 heterocycles. The van der Waals surface area contributed by atoms with Gasteiger partial charge in [-0.1, -0.05) is 52.8 Å². The van der Waals surface area contributed by atoms with Gasteiger partial charge in [-0.05, 0) is 56.5 Å². The number of aryl methyl sites for hydroxylation is 2. The van der Waals surface area contributed by atoms with E-state index in [-0.39, 0.29) is 6.04 Å². The molecule has 0 spiro atoms. The number of benzene rings is 2. The van der Waals surface area contributed by atoms with Crippen LogP contribution in [0.4, 0.5) is 0 Å². The Morgan fingerprint density at radius 1 is 0.933 bits per heavy atom. The topological polar surface area (TPSA) is 68.2 Å². The number of hydrogen-bond acceptors (Lipinski definition) is 6. The second-order valence-electron chi connectivity index (χ2n) is 7.83. The van der Waals surface area contributed by atoms with Gasteiger partial charge in [0.25, 0.3) is 0 Å². The molecule has 152 valence electrons. The largest absolute Gasteiger partial charge is 0.441 e. The molecule has 6 heteroatoms. The second kappa shape index (κ2) is 7.88. The zero-order valence-corrected chi connectivity index (χ0v) is 17.2. The molecule has 4 aromatic rings. The smallest absolute Gasteiger partial charge is 0.226 e. The molecular weight excluding hydrogens is 376 g/mol. The van der Waals surface area contributed by atoms with Crippen LogP contribution in [0, 0.1) is 13.8 Å². The van der Waals surface area contributed by atoms with Crippen molar-refractivity contribution in [1.82, 2.24) is 20.2 Å². The fourth-order valence-electron chi connectivity index (χ4n) is 4.19. The van der Waals surface area contributed by atoms with Crippen LogP contribution in [0.2, 0.25) is 0 Å². The van der Waals surface area contributed by atoms with Crippen LogP contribution in [-0.4, -0.2) is 26.7 Å². The molecule has 0 radical (unpaired) electrons. The Labute approximate surface area is 175 Å². The summed E-state index contributed by atoms with van der Waals surface area (Å²) in [4.78, 5) is 7.20. The summed E-state index contributed by atoms with van der Waals surface area (Å²) in [5.74, 6) is 1.52. The molecule has 5 rings (SSSR count). The van der Waals surface area contributed by atoms with E-state index in [4.69, 9.17) is 14.0 Å². The summed E-state index contributed by atoms with van der Waals surface area (Å²) in [6.45, 7) is 5.66. The van der Waals surface area contributed by atoms with Crippen LogP contribution >= 0.6 is 0 Å². The van der Waals surface area contributed by atoms with Crippen molar-refractivity contribution in [3.05, 3.63) is 77.4 Å². The van der Waals surface area contributed by atoms with Crippen LogP contribution in [0.1, 0.15) is 41.7 Å². The lowest BCUT2D eigenvalue weighted by atomic mass is 10.0. The SMILES string of the molecule is Cc1nonc1C1CCCN1Cc1nc(-c2ccc(-c3ccccc3)cc2)oc1C. The van der Waals surface area contributed by atoms with Crippen molar-refractivity contribution in [1.29, 1.82) is 0 Å². The first-order valence-electron chi connectivity index (χ1n) is 10.3. The average molecular weight is 400 g/mol. The molecule has 1 saturated heterocycles. The summed E-state index contributed by atoms with van der Waals surface area (Å²) in [7, 11) is 0. The summed E-state index contributed by atoms with van der Waals surface area (Å²) < 4.78 is 10.9. The van der Waals surface area contributed by atoms with Gasteiger partial charge < -0.3 is 4.42 Å². The monoisotopic (exact) mass is 400 g/mol. The van der Waals surface area contributed by atoms with Gasteiger partial charge >= 0.3 is 0 Å². The highest BCUT2D eigenvalue weighted by Crippen LogP contribution is 2.34. The van der Waals surface area contributed by atoms with E-state index in [0.717, 1.165) is 54.3 Å². The van der Waals surface area contributed by atoms with E-state index in [2.05, 4.69) is 63.7 Å². The lowest BCUT2D eigenvalue weighted by molar-refractivity contribution is 0.228. The van der Waals surface area contributed by atoms with Crippen molar-refractivity contribution in [3.8, 4) is 22.6 Å². The van der Waals surface area contributed by atoms with Crippen molar-refractivity contribution in [2.45, 2.75) is 39.3 Å². The molecular formula is C24H24N4O2. The summed E-state index contributed by atoms with van der Waals surface area (Å²) in [5, 5.41) is 8.07. The second-order valence-corrected chi connectivity index (χ2v) is 7.83. The predicted molar refractivity (Wildman–Crippen MR) is 114 cm³/mol. The van der Waals surface area contributed by atoms with Crippen molar-refractivity contribution in [2.75, 3.05) is 6.54 Å². The van der Waals surface area contributed by atoms with Crippen LogP contribution in [-0.2, 0) is 6.54 Å². The molecule has 0 N–H and O–H groups in total. The van der Waals surface area contributed by atoms with Crippen molar-refractivity contribution in [3.63, 3.8) is 0 Å². The third-order valence-corrected chi connectivity index (χ3v) is 5.85. The number of rotatable bonds is 5. The average Bonchev–Trinajstić information content (AvgIpc) is 3.50. The van der Waals surface area contributed by atoms with E-state index in [1.165, 1.54) is 11.1 Å². The minimum Gasteiger partial charge on any atom is -0.441 e. The molecule has 2 aromatic heterocycles. The fourth-order valence-corrected chi connectivity index (χ4v) is 4.19. The number of likely N-dealkylation sites (tertiary alicyclic amines) is 1. The van der Waals surface area contributed by atoms with Crippen LogP contribution in [0.3, 0.4) is 0 Å². The minimum absolute atomic E-state index is 0.223. The van der Waals surface area contributed by atoms with Gasteiger partial charge in [0.2, 0.25) is 5.89 Å². The molecule has 1 atom stereocenters. The van der Waals surface area contributed by atoms with Crippen LogP contribution < -0.4 is 0 Å². The molecule has 2 aromatic carbocycles. The number of oxazole rings is 1. The van der Waals surface area contributed by atoms with Crippen molar-refractivity contribution in [2.24, 2.45) is 0 Å². The molecule has 0 amide bonds. The summed E-state index contributed by atoms with van der Waals surface area (Å²) in [6, 6.07) is 18.9. The standard InChI is InChI=1S/C24H24N4O2/c1-16-23(27-30-26-16)22-9-6-14-28(22)15-21-17(2)29-24(25-21)20-12-10-19(11-13-20)18-7-4-3-5-8-18/h3-5,7-8,10-13,22H,6,9,14-15H2,1-2H3. The summed E-state index contributed by atoms with van der Waals surface area (Å²) in [6.07, 6.45) is 2.18. The van der Waals surface area contributed by atoms with Gasteiger partial charge in [0.1, 0.15) is 17.1 Å². The third-order valence-electron chi connectivity index (χ3n) is 5.85. The minimum atomic E-state index is 0.223. The van der Waals surface area contributed by atoms with Gasteiger partial charge in [-0.15, -0.1) is 0 Å². The lowest BCUT2D eigenvalue weighted by Crippen LogP contribution is -2.24. The van der Waals surface area contributed by atoms with E-state index < -0.39 is 0 Å². The Bertz CT molecular complexity index is 1130. The van der Waals surface area contributed by atoms with E-state index in [1.54, 1.807) is 0 Å². The van der Waals surface area contributed by atoms with Crippen molar-refractivity contribution < 1.29 is 9.05 Å². The van der Waals surface area contributed by atoms with Gasteiger partial charge in [0, 0.05) is 12.1 Å². The van der Waals surface area contributed by atoms with Gasteiger partial charge in [-0.2, -0.15) is 0 Å². The van der Waals surface area contributed by atoms with Gasteiger partial charge in [-0.25, -0.2) is 9.61 Å². The summed E-state index contributed by atoms with van der Waals surface area (Å²) >= 11 is 0. The molecule has 0 aliphatic carbocycles. The Hall–Kier alpha value is -3.25. The number of nitrogens with zero attached hydrogens (tertiary/aromatic N) is 4. The van der Waals surface area contributed by atoms with Gasteiger partial charge in [0.05, 0.1) is 11.7 Å². The first-order valence-corrected chi connectivity index (χ1v) is 10.3. The highest BCUT2D eigenvalue weighted by atomic mass is 16.6. The van der Waals surface area contributed by atoms with E-state index in [9.17, 15) is 0 Å². The maximum atomic E-state index is 6.02. The van der Waals surface area contributed by atoms with Crippen LogP contribution in [0.5, 0.6) is 0 Å². The summed E-state index contributed by atoms with van der Waals surface area (Å²) in [5.41, 5.74) is 6.13. The zero-order chi connectivity index (χ0) is 20.5. The maximum absolute atomic E-state index is 6.02. The lowest BCUT2D eigenvalue weighted by Gasteiger charge is -2.21. The normalized spacial score (nSPS) is 16.9. The maximum Gasteiger partial charge on any atom is 0.226 e. The molecule has 1 aliphatic heterocycles. The Morgan fingerprint density at radius 3 is 2.40 bits per heavy atom. The van der Waals surface area contributed by atoms with E-state index in [0.29, 0.717) is 5.89 Å². The van der Waals surface area contributed by atoms with Crippen molar-refractivity contribution >= 4 is 0 Å². The zero-order valence-electron chi connectivity index (χ0n) is 17.2. The van der Waals surface area contributed by atoms with Gasteiger partial charge in [-0.3, -0.25) is 4.90 Å². The van der Waals surface area contributed by atoms with Crippen LogP contribution in [0.25, 0.3) is 22.6 Å². The number of aromatic nitrogens is 3. The Balaban J connectivity index is 1.35. The molecule has 1 aliphatic rings. The molecule has 6 nitrogen and oxygen atoms in total. The number of hydrogen-bond donors (Lipinski definition) is 0.